The predicted octanol–water partition coefficient (Wildman–Crippen LogP) is 2.82. The molecule has 0 radical (unpaired) electrons. The van der Waals surface area contributed by atoms with E-state index in [2.05, 4.69) is 14.7 Å². The Morgan fingerprint density at radius 3 is 2.33 bits per heavy atom. The first-order chi connectivity index (χ1) is 11.4. The van der Waals surface area contributed by atoms with E-state index in [1.54, 1.807) is 19.1 Å². The molecule has 0 amide bonds. The maximum Gasteiger partial charge on any atom is 0.265 e. The molecule has 0 spiro atoms. The highest BCUT2D eigenvalue weighted by Crippen LogP contribution is 2.34. The van der Waals surface area contributed by atoms with Crippen LogP contribution in [0.15, 0.2) is 35.2 Å². The SMILES string of the molecule is COc1cc(OC)nc(NS(=O)(=O)c2c(C)sc3ccccc23)n1. The van der Waals surface area contributed by atoms with Crippen molar-refractivity contribution in [3.05, 3.63) is 35.2 Å². The number of aromatic nitrogens is 2. The predicted molar refractivity (Wildman–Crippen MR) is 92.5 cm³/mol. The third kappa shape index (κ3) is 3.00. The lowest BCUT2D eigenvalue weighted by Gasteiger charge is -2.09. The molecular weight excluding hydrogens is 350 g/mol. The zero-order valence-electron chi connectivity index (χ0n) is 13.2. The third-order valence-corrected chi connectivity index (χ3v) is 6.04. The van der Waals surface area contributed by atoms with Crippen molar-refractivity contribution >= 4 is 37.4 Å². The van der Waals surface area contributed by atoms with Gasteiger partial charge in [0.25, 0.3) is 10.0 Å². The Balaban J connectivity index is 2.07. The Morgan fingerprint density at radius 1 is 1.08 bits per heavy atom. The number of hydrogen-bond acceptors (Lipinski definition) is 7. The zero-order chi connectivity index (χ0) is 17.3. The quantitative estimate of drug-likeness (QED) is 0.748. The lowest BCUT2D eigenvalue weighted by molar-refractivity contribution is 0.373. The fourth-order valence-electron chi connectivity index (χ4n) is 2.31. The average molecular weight is 365 g/mol. The minimum Gasteiger partial charge on any atom is -0.481 e. The second-order valence-corrected chi connectivity index (χ2v) is 7.74. The monoisotopic (exact) mass is 365 g/mol. The summed E-state index contributed by atoms with van der Waals surface area (Å²) in [5, 5.41) is 0.669. The van der Waals surface area contributed by atoms with Crippen LogP contribution in [0.25, 0.3) is 10.1 Å². The number of sulfonamides is 1. The van der Waals surface area contributed by atoms with Gasteiger partial charge in [0.05, 0.1) is 20.3 Å². The van der Waals surface area contributed by atoms with Crippen LogP contribution in [0.4, 0.5) is 5.95 Å². The van der Waals surface area contributed by atoms with Gasteiger partial charge in [-0.15, -0.1) is 11.3 Å². The summed E-state index contributed by atoms with van der Waals surface area (Å²) in [5.41, 5.74) is 0. The lowest BCUT2D eigenvalue weighted by Crippen LogP contribution is -2.16. The van der Waals surface area contributed by atoms with Gasteiger partial charge in [-0.3, -0.25) is 0 Å². The maximum atomic E-state index is 12.8. The van der Waals surface area contributed by atoms with Crippen molar-refractivity contribution in [2.75, 3.05) is 18.9 Å². The summed E-state index contributed by atoms with van der Waals surface area (Å²) in [6.45, 7) is 1.77. The third-order valence-electron chi connectivity index (χ3n) is 3.31. The molecule has 0 aliphatic heterocycles. The molecule has 0 bridgehead atoms. The normalized spacial score (nSPS) is 11.5. The highest BCUT2D eigenvalue weighted by molar-refractivity contribution is 7.93. The summed E-state index contributed by atoms with van der Waals surface area (Å²) in [6, 6.07) is 8.80. The van der Waals surface area contributed by atoms with Crippen molar-refractivity contribution in [1.82, 2.24) is 9.97 Å². The van der Waals surface area contributed by atoms with E-state index in [-0.39, 0.29) is 22.6 Å². The van der Waals surface area contributed by atoms with Gasteiger partial charge < -0.3 is 9.47 Å². The van der Waals surface area contributed by atoms with Crippen molar-refractivity contribution < 1.29 is 17.9 Å². The average Bonchev–Trinajstić information content (AvgIpc) is 2.90. The van der Waals surface area contributed by atoms with E-state index < -0.39 is 10.0 Å². The molecule has 0 aliphatic carbocycles. The molecule has 126 valence electrons. The van der Waals surface area contributed by atoms with Crippen LogP contribution in [-0.4, -0.2) is 32.6 Å². The van der Waals surface area contributed by atoms with Gasteiger partial charge in [-0.25, -0.2) is 13.1 Å². The number of methoxy groups -OCH3 is 2. The number of benzene rings is 1. The van der Waals surface area contributed by atoms with Gasteiger partial charge in [-0.2, -0.15) is 9.97 Å². The van der Waals surface area contributed by atoms with Gasteiger partial charge in [0.2, 0.25) is 17.7 Å². The molecule has 0 saturated carbocycles. The standard InChI is InChI=1S/C15H15N3O4S2/c1-9-14(10-6-4-5-7-11(10)23-9)24(19,20)18-15-16-12(21-2)8-13(17-15)22-3/h4-8H,1-3H3,(H,16,17,18). The van der Waals surface area contributed by atoms with Crippen LogP contribution in [-0.2, 0) is 10.0 Å². The van der Waals surface area contributed by atoms with Crippen LogP contribution >= 0.6 is 11.3 Å². The Bertz CT molecular complexity index is 977. The second-order valence-electron chi connectivity index (χ2n) is 4.87. The maximum absolute atomic E-state index is 12.8. The summed E-state index contributed by atoms with van der Waals surface area (Å²) < 4.78 is 39.0. The van der Waals surface area contributed by atoms with Crippen molar-refractivity contribution in [3.63, 3.8) is 0 Å². The van der Waals surface area contributed by atoms with Crippen LogP contribution in [0.1, 0.15) is 4.88 Å². The second kappa shape index (κ2) is 6.25. The molecule has 2 aromatic heterocycles. The minimum atomic E-state index is -3.85. The summed E-state index contributed by atoms with van der Waals surface area (Å²) in [7, 11) is -0.999. The van der Waals surface area contributed by atoms with Crippen LogP contribution in [0.5, 0.6) is 11.8 Å². The minimum absolute atomic E-state index is 0.110. The van der Waals surface area contributed by atoms with Crippen LogP contribution in [0, 0.1) is 6.92 Å². The molecule has 24 heavy (non-hydrogen) atoms. The van der Waals surface area contributed by atoms with Gasteiger partial charge in [0, 0.05) is 15.0 Å². The molecule has 0 atom stereocenters. The van der Waals surface area contributed by atoms with Gasteiger partial charge in [-0.1, -0.05) is 18.2 Å². The van der Waals surface area contributed by atoms with Crippen LogP contribution in [0.2, 0.25) is 0 Å². The van der Waals surface area contributed by atoms with E-state index in [1.165, 1.54) is 31.6 Å². The van der Waals surface area contributed by atoms with Crippen molar-refractivity contribution in [1.29, 1.82) is 0 Å². The number of aryl methyl sites for hydroxylation is 1. The molecule has 0 fully saturated rings. The van der Waals surface area contributed by atoms with E-state index in [4.69, 9.17) is 9.47 Å². The summed E-state index contributed by atoms with van der Waals surface area (Å²) in [4.78, 5) is 8.93. The Morgan fingerprint density at radius 2 is 1.71 bits per heavy atom. The number of nitrogens with zero attached hydrogens (tertiary/aromatic N) is 2. The number of anilines is 1. The highest BCUT2D eigenvalue weighted by Gasteiger charge is 2.24. The molecule has 0 unspecified atom stereocenters. The summed E-state index contributed by atoms with van der Waals surface area (Å²) >= 11 is 1.42. The zero-order valence-corrected chi connectivity index (χ0v) is 14.9. The van der Waals surface area contributed by atoms with Gasteiger partial charge in [0.15, 0.2) is 0 Å². The summed E-state index contributed by atoms with van der Waals surface area (Å²) in [6.07, 6.45) is 0. The number of nitrogens with one attached hydrogen (secondary N) is 1. The molecule has 7 nitrogen and oxygen atoms in total. The fraction of sp³-hybridized carbons (Fsp3) is 0.200. The smallest absolute Gasteiger partial charge is 0.265 e. The van der Waals surface area contributed by atoms with E-state index >= 15 is 0 Å². The molecule has 0 saturated heterocycles. The number of rotatable bonds is 5. The van der Waals surface area contributed by atoms with Crippen molar-refractivity contribution in [3.8, 4) is 11.8 Å². The Kier molecular flexibility index (Phi) is 4.29. The number of fused-ring (bicyclic) bond motifs is 1. The lowest BCUT2D eigenvalue weighted by atomic mass is 10.2. The number of hydrogen-bond donors (Lipinski definition) is 1. The van der Waals surface area contributed by atoms with Gasteiger partial charge >= 0.3 is 0 Å². The summed E-state index contributed by atoms with van der Waals surface area (Å²) in [5.74, 6) is 0.291. The van der Waals surface area contributed by atoms with E-state index in [0.29, 0.717) is 10.3 Å². The molecule has 3 aromatic rings. The molecule has 1 aromatic carbocycles. The van der Waals surface area contributed by atoms with E-state index in [0.717, 1.165) is 4.70 Å². The van der Waals surface area contributed by atoms with E-state index in [1.807, 2.05) is 12.1 Å². The Labute approximate surface area is 143 Å². The fourth-order valence-corrected chi connectivity index (χ4v) is 5.07. The largest absolute Gasteiger partial charge is 0.481 e. The van der Waals surface area contributed by atoms with Crippen LogP contribution in [0.3, 0.4) is 0 Å². The van der Waals surface area contributed by atoms with E-state index in [9.17, 15) is 8.42 Å². The molecule has 9 heteroatoms. The Hall–Kier alpha value is -2.39. The van der Waals surface area contributed by atoms with Crippen molar-refractivity contribution in [2.24, 2.45) is 0 Å². The van der Waals surface area contributed by atoms with Crippen LogP contribution < -0.4 is 14.2 Å². The number of thiophene rings is 1. The first-order valence-corrected chi connectivity index (χ1v) is 9.22. The molecule has 1 N–H and O–H groups in total. The highest BCUT2D eigenvalue weighted by atomic mass is 32.2. The van der Waals surface area contributed by atoms with Gasteiger partial charge in [-0.05, 0) is 13.0 Å². The first-order valence-electron chi connectivity index (χ1n) is 6.92. The molecular formula is C15H15N3O4S2. The molecule has 2 heterocycles. The molecule has 3 rings (SSSR count). The first kappa shape index (κ1) is 16.5. The topological polar surface area (TPSA) is 90.4 Å². The molecule has 0 aliphatic rings. The van der Waals surface area contributed by atoms with Gasteiger partial charge in [0.1, 0.15) is 4.90 Å². The number of ether oxygens (including phenoxy) is 2. The van der Waals surface area contributed by atoms with Crippen molar-refractivity contribution in [2.45, 2.75) is 11.8 Å².